The number of hydrogen-bond acceptors (Lipinski definition) is 2. The van der Waals surface area contributed by atoms with E-state index in [4.69, 9.17) is 5.11 Å². The van der Waals surface area contributed by atoms with Crippen molar-refractivity contribution in [1.82, 2.24) is 5.32 Å². The van der Waals surface area contributed by atoms with Gasteiger partial charge in [-0.2, -0.15) is 0 Å². The summed E-state index contributed by atoms with van der Waals surface area (Å²) in [5.41, 5.74) is 0.153. The molecule has 3 nitrogen and oxygen atoms in total. The van der Waals surface area contributed by atoms with Crippen LogP contribution in [0.4, 0.5) is 8.78 Å². The van der Waals surface area contributed by atoms with E-state index in [1.165, 1.54) is 6.07 Å². The molecule has 1 unspecified atom stereocenters. The number of hydrogen-bond donors (Lipinski definition) is 2. The van der Waals surface area contributed by atoms with E-state index in [-0.39, 0.29) is 30.4 Å². The molecule has 0 aliphatic heterocycles. The molecule has 0 bridgehead atoms. The first-order chi connectivity index (χ1) is 8.02. The third-order valence-corrected chi connectivity index (χ3v) is 2.33. The van der Waals surface area contributed by atoms with Crippen molar-refractivity contribution >= 4 is 5.91 Å². The molecule has 0 aromatic heterocycles. The number of rotatable bonds is 5. The Morgan fingerprint density at radius 2 is 2.18 bits per heavy atom. The Kier molecular flexibility index (Phi) is 5.03. The van der Waals surface area contributed by atoms with Gasteiger partial charge in [-0.05, 0) is 17.5 Å². The highest BCUT2D eigenvalue weighted by Gasteiger charge is 2.09. The van der Waals surface area contributed by atoms with Crippen molar-refractivity contribution in [3.63, 3.8) is 0 Å². The van der Waals surface area contributed by atoms with Crippen LogP contribution < -0.4 is 5.32 Å². The maximum Gasteiger partial charge on any atom is 0.224 e. The molecule has 0 radical (unpaired) electrons. The highest BCUT2D eigenvalue weighted by molar-refractivity contribution is 5.78. The Morgan fingerprint density at radius 3 is 2.76 bits per heavy atom. The van der Waals surface area contributed by atoms with Crippen LogP contribution in [-0.4, -0.2) is 24.2 Å². The second kappa shape index (κ2) is 6.30. The van der Waals surface area contributed by atoms with E-state index in [9.17, 15) is 13.6 Å². The van der Waals surface area contributed by atoms with Gasteiger partial charge in [-0.3, -0.25) is 4.79 Å². The predicted molar refractivity (Wildman–Crippen MR) is 59.3 cm³/mol. The van der Waals surface area contributed by atoms with Crippen LogP contribution in [0.1, 0.15) is 12.5 Å². The predicted octanol–water partition coefficient (Wildman–Crippen LogP) is 1.25. The molecule has 1 rings (SSSR count). The number of aliphatic hydroxyl groups is 1. The lowest BCUT2D eigenvalue weighted by Crippen LogP contribution is -2.30. The highest BCUT2D eigenvalue weighted by atomic mass is 19.1. The summed E-state index contributed by atoms with van der Waals surface area (Å²) >= 11 is 0. The maximum absolute atomic E-state index is 13.2. The Labute approximate surface area is 98.5 Å². The minimum absolute atomic E-state index is 0.0226. The van der Waals surface area contributed by atoms with Crippen LogP contribution in [0.3, 0.4) is 0 Å². The fourth-order valence-electron chi connectivity index (χ4n) is 1.25. The third-order valence-electron chi connectivity index (χ3n) is 2.33. The number of benzene rings is 1. The van der Waals surface area contributed by atoms with Crippen LogP contribution in [-0.2, 0) is 11.2 Å². The zero-order chi connectivity index (χ0) is 12.8. The van der Waals surface area contributed by atoms with Crippen molar-refractivity contribution < 1.29 is 18.7 Å². The van der Waals surface area contributed by atoms with Gasteiger partial charge >= 0.3 is 0 Å². The molecule has 94 valence electrons. The summed E-state index contributed by atoms with van der Waals surface area (Å²) in [6.07, 6.45) is -0.135. The molecule has 0 saturated carbocycles. The highest BCUT2D eigenvalue weighted by Crippen LogP contribution is 2.10. The minimum Gasteiger partial charge on any atom is -0.396 e. The van der Waals surface area contributed by atoms with Crippen LogP contribution >= 0.6 is 0 Å². The number of carbonyl (C=O) groups excluding carboxylic acids is 1. The monoisotopic (exact) mass is 243 g/mol. The molecule has 1 aromatic rings. The van der Waals surface area contributed by atoms with E-state index in [1.807, 2.05) is 0 Å². The molecule has 0 spiro atoms. The first-order valence-corrected chi connectivity index (χ1v) is 5.34. The van der Waals surface area contributed by atoms with E-state index in [0.29, 0.717) is 6.54 Å². The van der Waals surface area contributed by atoms with Gasteiger partial charge in [0, 0.05) is 19.2 Å². The van der Waals surface area contributed by atoms with Gasteiger partial charge in [0.25, 0.3) is 0 Å². The van der Waals surface area contributed by atoms with E-state index in [1.54, 1.807) is 6.92 Å². The van der Waals surface area contributed by atoms with Crippen molar-refractivity contribution in [2.24, 2.45) is 5.92 Å². The van der Waals surface area contributed by atoms with Crippen LogP contribution in [0.15, 0.2) is 18.2 Å². The summed E-state index contributed by atoms with van der Waals surface area (Å²) < 4.78 is 25.8. The fraction of sp³-hybridized carbons (Fsp3) is 0.417. The molecule has 17 heavy (non-hydrogen) atoms. The Morgan fingerprint density at radius 1 is 1.47 bits per heavy atom. The molecule has 1 atom stereocenters. The first kappa shape index (κ1) is 13.6. The second-order valence-electron chi connectivity index (χ2n) is 4.00. The Balaban J connectivity index is 2.50. The quantitative estimate of drug-likeness (QED) is 0.817. The van der Waals surface area contributed by atoms with Crippen molar-refractivity contribution in [3.05, 3.63) is 35.4 Å². The fourth-order valence-corrected chi connectivity index (χ4v) is 1.25. The molecule has 0 aliphatic rings. The van der Waals surface area contributed by atoms with Gasteiger partial charge in [-0.1, -0.05) is 13.0 Å². The van der Waals surface area contributed by atoms with Crippen LogP contribution in [0.25, 0.3) is 0 Å². The topological polar surface area (TPSA) is 49.3 Å². The Hall–Kier alpha value is -1.49. The van der Waals surface area contributed by atoms with Gasteiger partial charge in [0.05, 0.1) is 6.42 Å². The van der Waals surface area contributed by atoms with Gasteiger partial charge in [-0.25, -0.2) is 8.78 Å². The van der Waals surface area contributed by atoms with Crippen molar-refractivity contribution in [3.8, 4) is 0 Å². The van der Waals surface area contributed by atoms with Gasteiger partial charge in [0.1, 0.15) is 11.6 Å². The zero-order valence-corrected chi connectivity index (χ0v) is 9.54. The van der Waals surface area contributed by atoms with E-state index >= 15 is 0 Å². The Bertz CT molecular complexity index is 396. The number of aliphatic hydroxyl groups excluding tert-OH is 1. The number of halogens is 2. The summed E-state index contributed by atoms with van der Waals surface area (Å²) in [7, 11) is 0. The normalized spacial score (nSPS) is 12.2. The number of amides is 1. The van der Waals surface area contributed by atoms with Gasteiger partial charge in [-0.15, -0.1) is 0 Å². The largest absolute Gasteiger partial charge is 0.396 e. The van der Waals surface area contributed by atoms with Crippen molar-refractivity contribution in [2.75, 3.05) is 13.2 Å². The van der Waals surface area contributed by atoms with Crippen molar-refractivity contribution in [2.45, 2.75) is 13.3 Å². The molecule has 0 heterocycles. The van der Waals surface area contributed by atoms with Gasteiger partial charge in [0.15, 0.2) is 0 Å². The molecule has 0 saturated heterocycles. The molecule has 0 fully saturated rings. The summed E-state index contributed by atoms with van der Waals surface area (Å²) in [6, 6.07) is 3.11. The number of carbonyl (C=O) groups is 1. The number of nitrogens with one attached hydrogen (secondary N) is 1. The van der Waals surface area contributed by atoms with E-state index < -0.39 is 11.6 Å². The SMILES string of the molecule is CC(CO)CNC(=O)Cc1ccc(F)cc1F. The van der Waals surface area contributed by atoms with Crippen LogP contribution in [0, 0.1) is 17.6 Å². The average Bonchev–Trinajstić information content (AvgIpc) is 2.29. The van der Waals surface area contributed by atoms with Crippen molar-refractivity contribution in [1.29, 1.82) is 0 Å². The van der Waals surface area contributed by atoms with E-state index in [2.05, 4.69) is 5.32 Å². The van der Waals surface area contributed by atoms with Gasteiger partial charge < -0.3 is 10.4 Å². The maximum atomic E-state index is 13.2. The molecule has 2 N–H and O–H groups in total. The second-order valence-corrected chi connectivity index (χ2v) is 4.00. The smallest absolute Gasteiger partial charge is 0.224 e. The minimum atomic E-state index is -0.727. The summed E-state index contributed by atoms with van der Waals surface area (Å²) in [5, 5.41) is 11.3. The molecular weight excluding hydrogens is 228 g/mol. The molecule has 0 aliphatic carbocycles. The summed E-state index contributed by atoms with van der Waals surface area (Å²) in [5.74, 6) is -1.79. The van der Waals surface area contributed by atoms with Gasteiger partial charge in [0.2, 0.25) is 5.91 Å². The lowest BCUT2D eigenvalue weighted by molar-refractivity contribution is -0.120. The first-order valence-electron chi connectivity index (χ1n) is 5.34. The summed E-state index contributed by atoms with van der Waals surface area (Å²) in [4.78, 5) is 11.4. The molecule has 1 amide bonds. The zero-order valence-electron chi connectivity index (χ0n) is 9.54. The third kappa shape index (κ3) is 4.48. The average molecular weight is 243 g/mol. The molecule has 1 aromatic carbocycles. The lowest BCUT2D eigenvalue weighted by atomic mass is 10.1. The standard InChI is InChI=1S/C12H15F2NO2/c1-8(7-16)6-15-12(17)4-9-2-3-10(13)5-11(9)14/h2-3,5,8,16H,4,6-7H2,1H3,(H,15,17). The molecular formula is C12H15F2NO2. The lowest BCUT2D eigenvalue weighted by Gasteiger charge is -2.09. The summed E-state index contributed by atoms with van der Waals surface area (Å²) in [6.45, 7) is 2.09. The van der Waals surface area contributed by atoms with Crippen LogP contribution in [0.2, 0.25) is 0 Å². The van der Waals surface area contributed by atoms with Crippen LogP contribution in [0.5, 0.6) is 0 Å². The molecule has 5 heteroatoms. The van der Waals surface area contributed by atoms with E-state index in [0.717, 1.165) is 12.1 Å².